The van der Waals surface area contributed by atoms with Gasteiger partial charge in [0.05, 0.1) is 24.1 Å². The van der Waals surface area contributed by atoms with E-state index in [0.29, 0.717) is 17.3 Å². The van der Waals surface area contributed by atoms with Gasteiger partial charge in [-0.3, -0.25) is 9.36 Å². The van der Waals surface area contributed by atoms with E-state index in [1.54, 1.807) is 47.9 Å². The molecule has 0 saturated heterocycles. The molecule has 150 valence electrons. The molecule has 1 aromatic carbocycles. The molecule has 9 nitrogen and oxygen atoms in total. The first kappa shape index (κ1) is 18.7. The molecule has 0 atom stereocenters. The number of carbonyl (C=O) groups excluding carboxylic acids is 2. The molecular formula is C20H20N4O5. The number of ether oxygens (including phenoxy) is 1. The molecule has 1 fully saturated rings. The van der Waals surface area contributed by atoms with Gasteiger partial charge in [-0.05, 0) is 44.0 Å². The summed E-state index contributed by atoms with van der Waals surface area (Å²) in [5.74, 6) is -0.128. The first-order chi connectivity index (χ1) is 14.1. The highest BCUT2D eigenvalue weighted by Crippen LogP contribution is 2.36. The zero-order chi connectivity index (χ0) is 20.4. The van der Waals surface area contributed by atoms with E-state index in [1.165, 1.54) is 6.26 Å². The number of furan rings is 1. The van der Waals surface area contributed by atoms with Crippen molar-refractivity contribution in [2.24, 2.45) is 0 Å². The predicted octanol–water partition coefficient (Wildman–Crippen LogP) is 2.46. The molecule has 1 aliphatic rings. The van der Waals surface area contributed by atoms with Crippen molar-refractivity contribution >= 4 is 17.6 Å². The van der Waals surface area contributed by atoms with Crippen molar-refractivity contribution in [2.45, 2.75) is 32.4 Å². The van der Waals surface area contributed by atoms with Crippen LogP contribution in [0.2, 0.25) is 0 Å². The van der Waals surface area contributed by atoms with Crippen molar-refractivity contribution in [3.8, 4) is 11.6 Å². The quantitative estimate of drug-likeness (QED) is 0.615. The third-order valence-electron chi connectivity index (χ3n) is 4.51. The van der Waals surface area contributed by atoms with E-state index in [2.05, 4.69) is 10.4 Å². The molecule has 9 heteroatoms. The first-order valence-electron chi connectivity index (χ1n) is 9.37. The molecule has 0 bridgehead atoms. The first-order valence-corrected chi connectivity index (χ1v) is 9.37. The average molecular weight is 396 g/mol. The normalized spacial score (nSPS) is 13.3. The molecule has 1 aliphatic carbocycles. The van der Waals surface area contributed by atoms with E-state index in [1.807, 2.05) is 0 Å². The average Bonchev–Trinajstić information content (AvgIpc) is 3.28. The Hall–Kier alpha value is -3.62. The van der Waals surface area contributed by atoms with E-state index in [0.717, 1.165) is 17.5 Å². The van der Waals surface area contributed by atoms with Crippen LogP contribution in [0.1, 0.15) is 36.2 Å². The number of aromatic nitrogens is 3. The second-order valence-electron chi connectivity index (χ2n) is 6.66. The predicted molar refractivity (Wildman–Crippen MR) is 103 cm³/mol. The zero-order valence-electron chi connectivity index (χ0n) is 15.8. The van der Waals surface area contributed by atoms with Gasteiger partial charge in [-0.25, -0.2) is 14.3 Å². The minimum Gasteiger partial charge on any atom is -0.462 e. The van der Waals surface area contributed by atoms with E-state index in [-0.39, 0.29) is 30.4 Å². The SMILES string of the molecule is CCOC(=O)c1ccccc1NC(=O)Cn1nc(-c2ccco2)n(C2CC2)c1=O. The smallest absolute Gasteiger partial charge is 0.347 e. The fourth-order valence-corrected chi connectivity index (χ4v) is 3.06. The summed E-state index contributed by atoms with van der Waals surface area (Å²) in [6, 6.07) is 10.1. The summed E-state index contributed by atoms with van der Waals surface area (Å²) in [6.45, 7) is 1.65. The summed E-state index contributed by atoms with van der Waals surface area (Å²) in [7, 11) is 0. The molecule has 1 saturated carbocycles. The Bertz CT molecular complexity index is 1090. The lowest BCUT2D eigenvalue weighted by molar-refractivity contribution is -0.117. The van der Waals surface area contributed by atoms with Crippen LogP contribution in [0.4, 0.5) is 5.69 Å². The number of hydrogen-bond acceptors (Lipinski definition) is 6. The Balaban J connectivity index is 1.57. The second-order valence-corrected chi connectivity index (χ2v) is 6.66. The molecule has 1 N–H and O–H groups in total. The number of nitrogens with one attached hydrogen (secondary N) is 1. The number of amides is 1. The Labute approximate surface area is 165 Å². The second kappa shape index (κ2) is 7.78. The molecule has 4 rings (SSSR count). The fraction of sp³-hybridized carbons (Fsp3) is 0.300. The van der Waals surface area contributed by atoms with Crippen LogP contribution in [-0.4, -0.2) is 32.8 Å². The molecule has 3 aromatic rings. The Morgan fingerprint density at radius 3 is 2.72 bits per heavy atom. The number of carbonyl (C=O) groups is 2. The molecule has 0 aliphatic heterocycles. The minimum absolute atomic E-state index is 0.0731. The van der Waals surface area contributed by atoms with E-state index < -0.39 is 11.9 Å². The summed E-state index contributed by atoms with van der Waals surface area (Å²) in [5, 5.41) is 6.96. The Morgan fingerprint density at radius 2 is 2.03 bits per heavy atom. The highest BCUT2D eigenvalue weighted by molar-refractivity contribution is 6.01. The van der Waals surface area contributed by atoms with Crippen LogP contribution in [0.15, 0.2) is 51.9 Å². The van der Waals surface area contributed by atoms with Gasteiger partial charge in [0.15, 0.2) is 5.76 Å². The van der Waals surface area contributed by atoms with Gasteiger partial charge < -0.3 is 14.5 Å². The molecular weight excluding hydrogens is 376 g/mol. The van der Waals surface area contributed by atoms with Gasteiger partial charge >= 0.3 is 11.7 Å². The summed E-state index contributed by atoms with van der Waals surface area (Å²) in [6.07, 6.45) is 3.28. The van der Waals surface area contributed by atoms with Gasteiger partial charge in [0.2, 0.25) is 11.7 Å². The van der Waals surface area contributed by atoms with E-state index in [4.69, 9.17) is 9.15 Å². The van der Waals surface area contributed by atoms with Crippen molar-refractivity contribution in [3.63, 3.8) is 0 Å². The number of nitrogens with zero attached hydrogens (tertiary/aromatic N) is 3. The summed E-state index contributed by atoms with van der Waals surface area (Å²) in [5.41, 5.74) is 0.194. The Kier molecular flexibility index (Phi) is 5.03. The van der Waals surface area contributed by atoms with E-state index in [9.17, 15) is 14.4 Å². The summed E-state index contributed by atoms with van der Waals surface area (Å²) < 4.78 is 13.1. The number of rotatable bonds is 7. The highest BCUT2D eigenvalue weighted by atomic mass is 16.5. The van der Waals surface area contributed by atoms with Gasteiger partial charge in [-0.15, -0.1) is 5.10 Å². The Morgan fingerprint density at radius 1 is 1.24 bits per heavy atom. The number of para-hydroxylation sites is 1. The van der Waals surface area contributed by atoms with E-state index >= 15 is 0 Å². The third kappa shape index (κ3) is 3.84. The third-order valence-corrected chi connectivity index (χ3v) is 4.51. The van der Waals surface area contributed by atoms with Gasteiger partial charge in [-0.1, -0.05) is 12.1 Å². The topological polar surface area (TPSA) is 108 Å². The van der Waals surface area contributed by atoms with Crippen molar-refractivity contribution in [3.05, 3.63) is 58.7 Å². The maximum absolute atomic E-state index is 12.8. The minimum atomic E-state index is -0.529. The van der Waals surface area contributed by atoms with Crippen LogP contribution in [0.25, 0.3) is 11.6 Å². The van der Waals surface area contributed by atoms with Gasteiger partial charge in [0.1, 0.15) is 6.54 Å². The summed E-state index contributed by atoms with van der Waals surface area (Å²) >= 11 is 0. The van der Waals surface area contributed by atoms with Crippen LogP contribution >= 0.6 is 0 Å². The van der Waals surface area contributed by atoms with Crippen molar-refractivity contribution < 1.29 is 18.7 Å². The lowest BCUT2D eigenvalue weighted by atomic mass is 10.2. The van der Waals surface area contributed by atoms with Crippen LogP contribution in [0.3, 0.4) is 0 Å². The van der Waals surface area contributed by atoms with Crippen LogP contribution in [-0.2, 0) is 16.1 Å². The molecule has 1 amide bonds. The largest absolute Gasteiger partial charge is 0.462 e. The zero-order valence-corrected chi connectivity index (χ0v) is 15.8. The van der Waals surface area contributed by atoms with Crippen molar-refractivity contribution in [1.29, 1.82) is 0 Å². The highest BCUT2D eigenvalue weighted by Gasteiger charge is 2.31. The van der Waals surface area contributed by atoms with Crippen molar-refractivity contribution in [1.82, 2.24) is 14.3 Å². The van der Waals surface area contributed by atoms with Gasteiger partial charge in [0, 0.05) is 6.04 Å². The fourth-order valence-electron chi connectivity index (χ4n) is 3.06. The number of anilines is 1. The van der Waals surface area contributed by atoms with Crippen LogP contribution in [0.5, 0.6) is 0 Å². The standard InChI is InChI=1S/C20H20N4O5/c1-2-28-19(26)14-6-3-4-7-15(14)21-17(25)12-23-20(27)24(13-9-10-13)18(22-23)16-8-5-11-29-16/h3-8,11,13H,2,9-10,12H2,1H3,(H,21,25). The molecule has 29 heavy (non-hydrogen) atoms. The molecule has 2 heterocycles. The summed E-state index contributed by atoms with van der Waals surface area (Å²) in [4.78, 5) is 37.4. The molecule has 0 radical (unpaired) electrons. The maximum Gasteiger partial charge on any atom is 0.347 e. The van der Waals surface area contributed by atoms with Gasteiger partial charge in [0.25, 0.3) is 0 Å². The lowest BCUT2D eigenvalue weighted by Crippen LogP contribution is -2.30. The van der Waals surface area contributed by atoms with Crippen LogP contribution in [0, 0.1) is 0 Å². The monoisotopic (exact) mass is 396 g/mol. The molecule has 0 spiro atoms. The molecule has 0 unspecified atom stereocenters. The number of esters is 1. The lowest BCUT2D eigenvalue weighted by Gasteiger charge is -2.10. The van der Waals surface area contributed by atoms with Gasteiger partial charge in [-0.2, -0.15) is 0 Å². The molecule has 2 aromatic heterocycles. The maximum atomic E-state index is 12.8. The number of benzene rings is 1. The van der Waals surface area contributed by atoms with Crippen molar-refractivity contribution in [2.75, 3.05) is 11.9 Å². The van der Waals surface area contributed by atoms with Crippen LogP contribution < -0.4 is 11.0 Å². The number of hydrogen-bond donors (Lipinski definition) is 1.